The van der Waals surface area contributed by atoms with Crippen LogP contribution in [0.3, 0.4) is 0 Å². The molecule has 3 aromatic carbocycles. The highest BCUT2D eigenvalue weighted by Gasteiger charge is 2.22. The minimum atomic E-state index is 0.00310. The van der Waals surface area contributed by atoms with Crippen LogP contribution in [0.25, 0.3) is 10.9 Å². The Balaban J connectivity index is 1.35. The molecule has 1 amide bonds. The smallest absolute Gasteiger partial charge is 0.254 e. The molecule has 0 saturated carbocycles. The van der Waals surface area contributed by atoms with E-state index in [-0.39, 0.29) is 11.2 Å². The zero-order valence-corrected chi connectivity index (χ0v) is 20.8. The van der Waals surface area contributed by atoms with Crippen molar-refractivity contribution < 1.29 is 14.3 Å². The van der Waals surface area contributed by atoms with Crippen molar-refractivity contribution >= 4 is 45.6 Å². The fourth-order valence-electron chi connectivity index (χ4n) is 4.38. The Morgan fingerprint density at radius 1 is 0.889 bits per heavy atom. The summed E-state index contributed by atoms with van der Waals surface area (Å²) in [5.41, 5.74) is 3.12. The number of carbonyl (C=O) groups is 1. The van der Waals surface area contributed by atoms with Crippen LogP contribution in [0.2, 0.25) is 5.28 Å². The van der Waals surface area contributed by atoms with Gasteiger partial charge in [-0.2, -0.15) is 4.98 Å². The lowest BCUT2D eigenvalue weighted by atomic mass is 10.1. The lowest BCUT2D eigenvalue weighted by Gasteiger charge is -2.36. The van der Waals surface area contributed by atoms with Crippen LogP contribution in [0, 0.1) is 0 Å². The van der Waals surface area contributed by atoms with E-state index in [2.05, 4.69) is 32.3 Å². The largest absolute Gasteiger partial charge is 0.493 e. The summed E-state index contributed by atoms with van der Waals surface area (Å²) >= 11 is 6.20. The van der Waals surface area contributed by atoms with Gasteiger partial charge in [-0.05, 0) is 48.0 Å². The van der Waals surface area contributed by atoms with E-state index < -0.39 is 0 Å². The summed E-state index contributed by atoms with van der Waals surface area (Å²) in [4.78, 5) is 26.2. The van der Waals surface area contributed by atoms with Crippen LogP contribution in [-0.4, -0.2) is 61.2 Å². The molecule has 0 radical (unpaired) electrons. The number of hydrogen-bond acceptors (Lipinski definition) is 7. The summed E-state index contributed by atoms with van der Waals surface area (Å²) in [5.74, 6) is 1.61. The summed E-state index contributed by atoms with van der Waals surface area (Å²) in [7, 11) is 3.14. The highest BCUT2D eigenvalue weighted by Crippen LogP contribution is 2.35. The Hall–Kier alpha value is -4.04. The predicted octanol–water partition coefficient (Wildman–Crippen LogP) is 5.01. The SMILES string of the molecule is COc1cc2nc(Cl)nc(Nc3cccc(C(=O)N4CCN(c5ccccc5)CC4)c3)c2cc1OC. The Bertz CT molecular complexity index is 1390. The van der Waals surface area contributed by atoms with E-state index in [4.69, 9.17) is 21.1 Å². The molecule has 36 heavy (non-hydrogen) atoms. The number of halogens is 1. The number of para-hydroxylation sites is 1. The van der Waals surface area contributed by atoms with Crippen LogP contribution < -0.4 is 19.7 Å². The van der Waals surface area contributed by atoms with E-state index in [1.807, 2.05) is 47.4 Å². The van der Waals surface area contributed by atoms with Gasteiger partial charge in [-0.15, -0.1) is 0 Å². The average Bonchev–Trinajstić information content (AvgIpc) is 2.92. The van der Waals surface area contributed by atoms with Gasteiger partial charge >= 0.3 is 0 Å². The Morgan fingerprint density at radius 2 is 1.61 bits per heavy atom. The minimum absolute atomic E-state index is 0.00310. The average molecular weight is 504 g/mol. The maximum Gasteiger partial charge on any atom is 0.254 e. The van der Waals surface area contributed by atoms with Crippen molar-refractivity contribution in [2.45, 2.75) is 0 Å². The molecule has 8 nitrogen and oxygen atoms in total. The van der Waals surface area contributed by atoms with Gasteiger partial charge in [-0.3, -0.25) is 4.79 Å². The summed E-state index contributed by atoms with van der Waals surface area (Å²) in [6.45, 7) is 2.92. The van der Waals surface area contributed by atoms with E-state index in [9.17, 15) is 4.79 Å². The number of fused-ring (bicyclic) bond motifs is 1. The van der Waals surface area contributed by atoms with Crippen LogP contribution in [0.1, 0.15) is 10.4 Å². The molecule has 0 spiro atoms. The number of methoxy groups -OCH3 is 2. The van der Waals surface area contributed by atoms with Gasteiger partial charge in [0.15, 0.2) is 11.5 Å². The van der Waals surface area contributed by atoms with Gasteiger partial charge in [0.2, 0.25) is 5.28 Å². The number of carbonyl (C=O) groups excluding carboxylic acids is 1. The molecular weight excluding hydrogens is 478 g/mol. The monoisotopic (exact) mass is 503 g/mol. The van der Waals surface area contributed by atoms with E-state index in [0.29, 0.717) is 46.9 Å². The topological polar surface area (TPSA) is 79.8 Å². The second-order valence-corrected chi connectivity index (χ2v) is 8.72. The molecule has 2 heterocycles. The van der Waals surface area contributed by atoms with Crippen LogP contribution in [0.15, 0.2) is 66.7 Å². The fourth-order valence-corrected chi connectivity index (χ4v) is 4.55. The van der Waals surface area contributed by atoms with E-state index in [1.165, 1.54) is 5.69 Å². The molecule has 1 aliphatic rings. The molecule has 1 aliphatic heterocycles. The molecule has 1 aromatic heterocycles. The number of benzene rings is 3. The first-order valence-corrected chi connectivity index (χ1v) is 12.0. The zero-order chi connectivity index (χ0) is 25.1. The third-order valence-electron chi connectivity index (χ3n) is 6.23. The van der Waals surface area contributed by atoms with Crippen molar-refractivity contribution in [1.82, 2.24) is 14.9 Å². The molecule has 184 valence electrons. The molecular formula is C27H26ClN5O3. The van der Waals surface area contributed by atoms with E-state index in [0.717, 1.165) is 18.8 Å². The summed E-state index contributed by atoms with van der Waals surface area (Å²) in [6, 6.07) is 21.2. The summed E-state index contributed by atoms with van der Waals surface area (Å²) in [5, 5.41) is 4.10. The molecule has 0 atom stereocenters. The highest BCUT2D eigenvalue weighted by atomic mass is 35.5. The summed E-state index contributed by atoms with van der Waals surface area (Å²) in [6.07, 6.45) is 0. The molecule has 1 N–H and O–H groups in total. The maximum atomic E-state index is 13.3. The fraction of sp³-hybridized carbons (Fsp3) is 0.222. The van der Waals surface area contributed by atoms with Gasteiger partial charge in [0.05, 0.1) is 19.7 Å². The number of nitrogens with one attached hydrogen (secondary N) is 1. The van der Waals surface area contributed by atoms with Crippen molar-refractivity contribution in [3.05, 3.63) is 77.6 Å². The molecule has 9 heteroatoms. The number of aromatic nitrogens is 2. The first-order valence-electron chi connectivity index (χ1n) is 11.6. The number of ether oxygens (including phenoxy) is 2. The van der Waals surface area contributed by atoms with Gasteiger partial charge in [0.1, 0.15) is 5.82 Å². The van der Waals surface area contributed by atoms with Gasteiger partial charge in [-0.1, -0.05) is 24.3 Å². The normalized spacial score (nSPS) is 13.5. The van der Waals surface area contributed by atoms with Crippen molar-refractivity contribution in [2.75, 3.05) is 50.6 Å². The van der Waals surface area contributed by atoms with E-state index >= 15 is 0 Å². The number of rotatable bonds is 6. The second-order valence-electron chi connectivity index (χ2n) is 8.39. The second kappa shape index (κ2) is 10.3. The predicted molar refractivity (Wildman–Crippen MR) is 142 cm³/mol. The quantitative estimate of drug-likeness (QED) is 0.370. The van der Waals surface area contributed by atoms with Crippen LogP contribution in [0.5, 0.6) is 11.5 Å². The third-order valence-corrected chi connectivity index (χ3v) is 6.40. The minimum Gasteiger partial charge on any atom is -0.493 e. The van der Waals surface area contributed by atoms with Gasteiger partial charge in [0, 0.05) is 54.6 Å². The number of amides is 1. The van der Waals surface area contributed by atoms with Crippen molar-refractivity contribution in [2.24, 2.45) is 0 Å². The highest BCUT2D eigenvalue weighted by molar-refractivity contribution is 6.28. The van der Waals surface area contributed by atoms with Crippen LogP contribution in [-0.2, 0) is 0 Å². The maximum absolute atomic E-state index is 13.3. The number of piperazine rings is 1. The first kappa shape index (κ1) is 23.7. The van der Waals surface area contributed by atoms with Crippen LogP contribution >= 0.6 is 11.6 Å². The molecule has 0 aliphatic carbocycles. The van der Waals surface area contributed by atoms with Crippen molar-refractivity contribution in [3.8, 4) is 11.5 Å². The Kier molecular flexibility index (Phi) is 6.77. The van der Waals surface area contributed by atoms with Gasteiger partial charge < -0.3 is 24.6 Å². The number of anilines is 3. The first-order chi connectivity index (χ1) is 17.6. The molecule has 4 aromatic rings. The van der Waals surface area contributed by atoms with Gasteiger partial charge in [-0.25, -0.2) is 4.98 Å². The number of nitrogens with zero attached hydrogens (tertiary/aromatic N) is 4. The van der Waals surface area contributed by atoms with Gasteiger partial charge in [0.25, 0.3) is 5.91 Å². The molecule has 1 fully saturated rings. The van der Waals surface area contributed by atoms with Crippen LogP contribution in [0.4, 0.5) is 17.2 Å². The summed E-state index contributed by atoms with van der Waals surface area (Å²) < 4.78 is 10.8. The van der Waals surface area contributed by atoms with Crippen molar-refractivity contribution in [3.63, 3.8) is 0 Å². The Morgan fingerprint density at radius 3 is 2.33 bits per heavy atom. The Labute approximate surface area is 214 Å². The van der Waals surface area contributed by atoms with E-state index in [1.54, 1.807) is 26.4 Å². The molecule has 0 bridgehead atoms. The zero-order valence-electron chi connectivity index (χ0n) is 20.1. The third kappa shape index (κ3) is 4.85. The standard InChI is InChI=1S/C27H26ClN5O3/c1-35-23-16-21-22(17-24(23)36-2)30-27(28)31-25(21)29-19-8-6-7-18(15-19)26(34)33-13-11-32(12-14-33)20-9-4-3-5-10-20/h3-10,15-17H,11-14H2,1-2H3,(H,29,30,31). The number of hydrogen-bond donors (Lipinski definition) is 1. The molecule has 0 unspecified atom stereocenters. The molecule has 5 rings (SSSR count). The lowest BCUT2D eigenvalue weighted by molar-refractivity contribution is 0.0747. The molecule has 1 saturated heterocycles. The lowest BCUT2D eigenvalue weighted by Crippen LogP contribution is -2.48. The van der Waals surface area contributed by atoms with Crippen molar-refractivity contribution in [1.29, 1.82) is 0 Å².